The second-order valence-electron chi connectivity index (χ2n) is 4.44. The molecule has 1 aliphatic heterocycles. The van der Waals surface area contributed by atoms with Crippen molar-refractivity contribution in [1.82, 2.24) is 9.78 Å². The molecule has 5 heteroatoms. The van der Waals surface area contributed by atoms with Crippen molar-refractivity contribution in [3.8, 4) is 0 Å². The number of carbonyl (C=O) groups is 1. The van der Waals surface area contributed by atoms with Crippen LogP contribution in [0.25, 0.3) is 0 Å². The summed E-state index contributed by atoms with van der Waals surface area (Å²) < 4.78 is 1.81. The minimum Gasteiger partial charge on any atom is -0.369 e. The van der Waals surface area contributed by atoms with Gasteiger partial charge in [-0.1, -0.05) is 30.3 Å². The number of rotatable bonds is 2. The van der Waals surface area contributed by atoms with Crippen molar-refractivity contribution in [2.75, 3.05) is 11.9 Å². The van der Waals surface area contributed by atoms with E-state index in [9.17, 15) is 4.79 Å². The van der Waals surface area contributed by atoms with Crippen LogP contribution in [0.3, 0.4) is 0 Å². The third kappa shape index (κ3) is 1.73. The van der Waals surface area contributed by atoms with Crippen molar-refractivity contribution in [1.29, 1.82) is 0 Å². The maximum atomic E-state index is 11.2. The minimum atomic E-state index is -0.443. The van der Waals surface area contributed by atoms with Crippen molar-refractivity contribution in [3.05, 3.63) is 47.7 Å². The fourth-order valence-corrected chi connectivity index (χ4v) is 2.33. The first-order valence-electron chi connectivity index (χ1n) is 5.90. The zero-order chi connectivity index (χ0) is 12.5. The number of amides is 1. The van der Waals surface area contributed by atoms with E-state index in [2.05, 4.69) is 22.5 Å². The molecule has 0 radical (unpaired) electrons. The molecule has 0 aliphatic carbocycles. The van der Waals surface area contributed by atoms with Gasteiger partial charge in [0.05, 0.1) is 12.7 Å². The van der Waals surface area contributed by atoms with Crippen LogP contribution in [0.15, 0.2) is 36.5 Å². The van der Waals surface area contributed by atoms with E-state index >= 15 is 0 Å². The summed E-state index contributed by atoms with van der Waals surface area (Å²) in [6.07, 6.45) is 1.53. The molecule has 1 atom stereocenters. The predicted molar refractivity (Wildman–Crippen MR) is 68.4 cm³/mol. The number of fused-ring (bicyclic) bond motifs is 1. The van der Waals surface area contributed by atoms with E-state index in [0.29, 0.717) is 11.5 Å². The van der Waals surface area contributed by atoms with E-state index in [1.807, 2.05) is 18.2 Å². The first-order chi connectivity index (χ1) is 8.75. The van der Waals surface area contributed by atoms with Crippen molar-refractivity contribution >= 4 is 11.7 Å². The second-order valence-corrected chi connectivity index (χ2v) is 4.44. The highest BCUT2D eigenvalue weighted by Gasteiger charge is 2.24. The quantitative estimate of drug-likeness (QED) is 0.830. The van der Waals surface area contributed by atoms with Gasteiger partial charge in [-0.3, -0.25) is 4.79 Å². The summed E-state index contributed by atoms with van der Waals surface area (Å²) >= 11 is 0. The Bertz CT molecular complexity index is 576. The Hall–Kier alpha value is -2.30. The fourth-order valence-electron chi connectivity index (χ4n) is 2.33. The molecule has 0 spiro atoms. The van der Waals surface area contributed by atoms with Crippen LogP contribution in [0.1, 0.15) is 21.8 Å². The lowest BCUT2D eigenvalue weighted by atomic mass is 9.98. The summed E-state index contributed by atoms with van der Waals surface area (Å²) in [5.74, 6) is 0.649. The van der Waals surface area contributed by atoms with Gasteiger partial charge < -0.3 is 11.1 Å². The molecular formula is C13H14N4O. The number of hydrogen-bond donors (Lipinski definition) is 2. The highest BCUT2D eigenvalue weighted by molar-refractivity contribution is 5.97. The number of hydrogen-bond acceptors (Lipinski definition) is 3. The molecule has 3 rings (SSSR count). The number of primary amides is 1. The van der Waals surface area contributed by atoms with Gasteiger partial charge in [-0.15, -0.1) is 0 Å². The zero-order valence-corrected chi connectivity index (χ0v) is 9.84. The van der Waals surface area contributed by atoms with E-state index in [-0.39, 0.29) is 0 Å². The van der Waals surface area contributed by atoms with Crippen LogP contribution >= 0.6 is 0 Å². The van der Waals surface area contributed by atoms with Crippen molar-refractivity contribution in [3.63, 3.8) is 0 Å². The first-order valence-corrected chi connectivity index (χ1v) is 5.90. The fraction of sp³-hybridized carbons (Fsp3) is 0.231. The van der Waals surface area contributed by atoms with Crippen LogP contribution in [-0.4, -0.2) is 22.2 Å². The Morgan fingerprint density at radius 1 is 1.39 bits per heavy atom. The van der Waals surface area contributed by atoms with Crippen LogP contribution in [0.5, 0.6) is 0 Å². The molecule has 3 N–H and O–H groups in total. The van der Waals surface area contributed by atoms with E-state index < -0.39 is 5.91 Å². The first kappa shape index (κ1) is 10.8. The number of benzene rings is 1. The van der Waals surface area contributed by atoms with E-state index in [1.54, 1.807) is 4.68 Å². The number of carbonyl (C=O) groups excluding carboxylic acids is 1. The van der Waals surface area contributed by atoms with Crippen LogP contribution in [0, 0.1) is 0 Å². The lowest BCUT2D eigenvalue weighted by molar-refractivity contribution is 0.100. The Kier molecular flexibility index (Phi) is 2.51. The number of nitrogens with zero attached hydrogens (tertiary/aromatic N) is 2. The number of aromatic nitrogens is 2. The van der Waals surface area contributed by atoms with Crippen molar-refractivity contribution in [2.45, 2.75) is 12.5 Å². The standard InChI is InChI=1S/C13H14N4O/c14-12(18)11-7-16-17-8-10(6-15-13(11)17)9-4-2-1-3-5-9/h1-5,7,10,15H,6,8H2,(H2,14,18). The average Bonchev–Trinajstić information content (AvgIpc) is 2.82. The lowest BCUT2D eigenvalue weighted by Gasteiger charge is -2.25. The predicted octanol–water partition coefficient (Wildman–Crippen LogP) is 1.19. The molecule has 92 valence electrons. The third-order valence-electron chi connectivity index (χ3n) is 3.29. The molecule has 1 unspecified atom stereocenters. The monoisotopic (exact) mass is 242 g/mol. The molecule has 5 nitrogen and oxygen atoms in total. The molecule has 1 aliphatic rings. The van der Waals surface area contributed by atoms with Gasteiger partial charge >= 0.3 is 0 Å². The second kappa shape index (κ2) is 4.18. The maximum absolute atomic E-state index is 11.2. The van der Waals surface area contributed by atoms with E-state index in [4.69, 9.17) is 5.73 Å². The summed E-state index contributed by atoms with van der Waals surface area (Å²) in [4.78, 5) is 11.2. The van der Waals surface area contributed by atoms with Gasteiger partial charge in [0.1, 0.15) is 11.4 Å². The lowest BCUT2D eigenvalue weighted by Crippen LogP contribution is -2.27. The topological polar surface area (TPSA) is 72.9 Å². The molecule has 0 bridgehead atoms. The van der Waals surface area contributed by atoms with Gasteiger partial charge in [0.15, 0.2) is 0 Å². The van der Waals surface area contributed by atoms with E-state index in [0.717, 1.165) is 18.9 Å². The molecule has 18 heavy (non-hydrogen) atoms. The third-order valence-corrected chi connectivity index (χ3v) is 3.29. The molecule has 0 saturated heterocycles. The Balaban J connectivity index is 1.89. The smallest absolute Gasteiger partial charge is 0.254 e. The van der Waals surface area contributed by atoms with Gasteiger partial charge in [-0.25, -0.2) is 4.68 Å². The van der Waals surface area contributed by atoms with Crippen LogP contribution in [0.2, 0.25) is 0 Å². The summed E-state index contributed by atoms with van der Waals surface area (Å²) in [6, 6.07) is 10.3. The van der Waals surface area contributed by atoms with Gasteiger partial charge in [0, 0.05) is 12.5 Å². The van der Waals surface area contributed by atoms with Crippen LogP contribution < -0.4 is 11.1 Å². The molecule has 1 amide bonds. The number of nitrogens with one attached hydrogen (secondary N) is 1. The van der Waals surface area contributed by atoms with Gasteiger partial charge in [-0.05, 0) is 5.56 Å². The van der Waals surface area contributed by atoms with Gasteiger partial charge in [-0.2, -0.15) is 5.10 Å². The molecule has 1 aromatic carbocycles. The SMILES string of the molecule is NC(=O)c1cnn2c1NCC(c1ccccc1)C2. The normalized spacial score (nSPS) is 17.9. The van der Waals surface area contributed by atoms with Crippen LogP contribution in [-0.2, 0) is 6.54 Å². The Labute approximate surface area is 105 Å². The summed E-state index contributed by atoms with van der Waals surface area (Å²) in [6.45, 7) is 1.55. The summed E-state index contributed by atoms with van der Waals surface area (Å²) in [5, 5.41) is 7.45. The molecule has 2 aromatic rings. The molecular weight excluding hydrogens is 228 g/mol. The van der Waals surface area contributed by atoms with Crippen LogP contribution in [0.4, 0.5) is 5.82 Å². The Morgan fingerprint density at radius 3 is 2.89 bits per heavy atom. The molecule has 1 aromatic heterocycles. The summed E-state index contributed by atoms with van der Waals surface area (Å²) in [7, 11) is 0. The zero-order valence-electron chi connectivity index (χ0n) is 9.84. The number of nitrogens with two attached hydrogens (primary N) is 1. The van der Waals surface area contributed by atoms with Gasteiger partial charge in [0.25, 0.3) is 5.91 Å². The van der Waals surface area contributed by atoms with Crippen molar-refractivity contribution < 1.29 is 4.79 Å². The summed E-state index contributed by atoms with van der Waals surface area (Å²) in [5.41, 5.74) is 7.03. The van der Waals surface area contributed by atoms with E-state index in [1.165, 1.54) is 11.8 Å². The minimum absolute atomic E-state index is 0.360. The number of anilines is 1. The highest BCUT2D eigenvalue weighted by Crippen LogP contribution is 2.27. The van der Waals surface area contributed by atoms with Crippen molar-refractivity contribution in [2.24, 2.45) is 5.73 Å². The molecule has 2 heterocycles. The molecule has 0 fully saturated rings. The maximum Gasteiger partial charge on any atom is 0.254 e. The van der Waals surface area contributed by atoms with Gasteiger partial charge in [0.2, 0.25) is 0 Å². The largest absolute Gasteiger partial charge is 0.369 e. The average molecular weight is 242 g/mol. The molecule has 0 saturated carbocycles. The Morgan fingerprint density at radius 2 is 2.17 bits per heavy atom. The highest BCUT2D eigenvalue weighted by atomic mass is 16.1.